The number of halogens is 1. The summed E-state index contributed by atoms with van der Waals surface area (Å²) in [5.41, 5.74) is 0.764. The number of piperazine rings is 1. The highest BCUT2D eigenvalue weighted by molar-refractivity contribution is 14.0. The van der Waals surface area contributed by atoms with Crippen LogP contribution >= 0.6 is 24.0 Å². The molecule has 2 rings (SSSR count). The van der Waals surface area contributed by atoms with Gasteiger partial charge in [-0.3, -0.25) is 9.79 Å². The van der Waals surface area contributed by atoms with Gasteiger partial charge in [-0.25, -0.2) is 0 Å². The predicted molar refractivity (Wildman–Crippen MR) is 131 cm³/mol. The zero-order valence-corrected chi connectivity index (χ0v) is 20.7. The molecule has 1 heterocycles. The van der Waals surface area contributed by atoms with Gasteiger partial charge in [0.15, 0.2) is 5.96 Å². The molecule has 1 aromatic rings. The maximum absolute atomic E-state index is 12.0. The van der Waals surface area contributed by atoms with Gasteiger partial charge < -0.3 is 25.2 Å². The molecule has 7 nitrogen and oxygen atoms in total. The molecule has 2 N–H and O–H groups in total. The smallest absolute Gasteiger partial charge is 0.225 e. The van der Waals surface area contributed by atoms with E-state index in [4.69, 9.17) is 9.73 Å². The highest BCUT2D eigenvalue weighted by Gasteiger charge is 2.22. The molecule has 0 aliphatic carbocycles. The fourth-order valence-electron chi connectivity index (χ4n) is 3.07. The van der Waals surface area contributed by atoms with Crippen LogP contribution in [0.5, 0.6) is 5.75 Å². The van der Waals surface area contributed by atoms with E-state index < -0.39 is 0 Å². The zero-order valence-electron chi connectivity index (χ0n) is 18.3. The van der Waals surface area contributed by atoms with Crippen molar-refractivity contribution in [2.75, 3.05) is 57.8 Å². The number of carbonyl (C=O) groups excluding carboxylic acids is 1. The van der Waals surface area contributed by atoms with Gasteiger partial charge in [0.25, 0.3) is 0 Å². The maximum Gasteiger partial charge on any atom is 0.225 e. The lowest BCUT2D eigenvalue weighted by molar-refractivity contribution is -0.128. The number of methoxy groups -OCH3 is 1. The van der Waals surface area contributed by atoms with Gasteiger partial charge in [-0.2, -0.15) is 0 Å². The molecule has 0 atom stereocenters. The van der Waals surface area contributed by atoms with Crippen LogP contribution in [0, 0.1) is 5.41 Å². The molecule has 1 aliphatic rings. The van der Waals surface area contributed by atoms with Crippen LogP contribution in [0.4, 0.5) is 5.69 Å². The molecule has 1 aliphatic heterocycles. The van der Waals surface area contributed by atoms with Gasteiger partial charge in [0, 0.05) is 44.7 Å². The van der Waals surface area contributed by atoms with E-state index in [2.05, 4.69) is 33.4 Å². The Hall–Kier alpha value is -1.71. The fourth-order valence-corrected chi connectivity index (χ4v) is 3.07. The number of benzene rings is 1. The van der Waals surface area contributed by atoms with E-state index in [1.54, 1.807) is 7.11 Å². The summed E-state index contributed by atoms with van der Waals surface area (Å²) in [7, 11) is 1.71. The fraction of sp³-hybridized carbons (Fsp3) is 0.619. The largest absolute Gasteiger partial charge is 0.495 e. The Kier molecular flexibility index (Phi) is 10.6. The van der Waals surface area contributed by atoms with Crippen molar-refractivity contribution < 1.29 is 9.53 Å². The first-order chi connectivity index (χ1) is 13.4. The van der Waals surface area contributed by atoms with E-state index in [0.717, 1.165) is 50.1 Å². The normalized spacial score (nSPS) is 14.9. The zero-order chi connectivity index (χ0) is 20.6. The molecule has 1 aromatic carbocycles. The molecule has 1 fully saturated rings. The third kappa shape index (κ3) is 7.56. The Bertz CT molecular complexity index is 667. The van der Waals surface area contributed by atoms with Crippen LogP contribution < -0.4 is 20.3 Å². The second-order valence-electron chi connectivity index (χ2n) is 7.89. The average Bonchev–Trinajstić information content (AvgIpc) is 2.69. The van der Waals surface area contributed by atoms with Crippen LogP contribution in [0.15, 0.2) is 29.3 Å². The monoisotopic (exact) mass is 517 g/mol. The van der Waals surface area contributed by atoms with E-state index in [1.165, 1.54) is 0 Å². The summed E-state index contributed by atoms with van der Waals surface area (Å²) in [6.07, 6.45) is 0. The van der Waals surface area contributed by atoms with Gasteiger partial charge in [-0.1, -0.05) is 32.9 Å². The lowest BCUT2D eigenvalue weighted by Crippen LogP contribution is -2.52. The first-order valence-corrected chi connectivity index (χ1v) is 10.1. The van der Waals surface area contributed by atoms with Crippen molar-refractivity contribution in [1.29, 1.82) is 0 Å². The van der Waals surface area contributed by atoms with Gasteiger partial charge in [0.2, 0.25) is 5.91 Å². The van der Waals surface area contributed by atoms with Gasteiger partial charge in [0.05, 0.1) is 19.3 Å². The molecule has 0 spiro atoms. The summed E-state index contributed by atoms with van der Waals surface area (Å²) in [5, 5.41) is 6.32. The van der Waals surface area contributed by atoms with E-state index in [-0.39, 0.29) is 35.3 Å². The van der Waals surface area contributed by atoms with E-state index >= 15 is 0 Å². The van der Waals surface area contributed by atoms with Crippen molar-refractivity contribution >= 4 is 41.5 Å². The van der Waals surface area contributed by atoms with E-state index in [9.17, 15) is 4.79 Å². The maximum atomic E-state index is 12.0. The van der Waals surface area contributed by atoms with Crippen molar-refractivity contribution in [3.05, 3.63) is 24.3 Å². The predicted octanol–water partition coefficient (Wildman–Crippen LogP) is 2.56. The molecule has 8 heteroatoms. The molecule has 29 heavy (non-hydrogen) atoms. The SMILES string of the molecule is CCNC(=NCCNC(=O)C(C)(C)C)N1CCN(c2ccccc2OC)CC1.I. The number of rotatable bonds is 6. The van der Waals surface area contributed by atoms with Crippen molar-refractivity contribution in [3.8, 4) is 5.75 Å². The second kappa shape index (κ2) is 12.1. The number of nitrogens with zero attached hydrogens (tertiary/aromatic N) is 3. The molecule has 1 amide bonds. The Morgan fingerprint density at radius 2 is 1.79 bits per heavy atom. The minimum Gasteiger partial charge on any atom is -0.495 e. The third-order valence-corrected chi connectivity index (χ3v) is 4.68. The number of hydrogen-bond acceptors (Lipinski definition) is 4. The number of aliphatic imine (C=N–C) groups is 1. The average molecular weight is 517 g/mol. The first kappa shape index (κ1) is 25.3. The summed E-state index contributed by atoms with van der Waals surface area (Å²) in [4.78, 5) is 21.3. The van der Waals surface area contributed by atoms with Crippen molar-refractivity contribution in [1.82, 2.24) is 15.5 Å². The molecular formula is C21H36IN5O2. The number of hydrogen-bond donors (Lipinski definition) is 2. The number of anilines is 1. The molecule has 0 aromatic heterocycles. The molecule has 0 unspecified atom stereocenters. The number of carbonyl (C=O) groups is 1. The lowest BCUT2D eigenvalue weighted by Gasteiger charge is -2.38. The van der Waals surface area contributed by atoms with Crippen LogP contribution in [0.2, 0.25) is 0 Å². The highest BCUT2D eigenvalue weighted by atomic mass is 127. The summed E-state index contributed by atoms with van der Waals surface area (Å²) in [6.45, 7) is 13.3. The standard InChI is InChI=1S/C21H35N5O2.HI/c1-6-22-20(24-12-11-23-19(27)21(2,3)4)26-15-13-25(14-16-26)17-9-7-8-10-18(17)28-5;/h7-10H,6,11-16H2,1-5H3,(H,22,24)(H,23,27);1H. The molecule has 164 valence electrons. The number of guanidine groups is 1. The number of ether oxygens (including phenoxy) is 1. The minimum absolute atomic E-state index is 0. The van der Waals surface area contributed by atoms with Crippen LogP contribution in [0.3, 0.4) is 0 Å². The highest BCUT2D eigenvalue weighted by Crippen LogP contribution is 2.28. The Balaban J connectivity index is 0.00000420. The molecule has 0 radical (unpaired) electrons. The van der Waals surface area contributed by atoms with Crippen LogP contribution in [-0.4, -0.2) is 69.7 Å². The molecule has 0 bridgehead atoms. The Morgan fingerprint density at radius 3 is 2.38 bits per heavy atom. The van der Waals surface area contributed by atoms with Crippen molar-refractivity contribution in [2.24, 2.45) is 10.4 Å². The Labute approximate surface area is 192 Å². The number of amides is 1. The summed E-state index contributed by atoms with van der Waals surface area (Å²) in [5.74, 6) is 1.87. The lowest BCUT2D eigenvalue weighted by atomic mass is 9.96. The van der Waals surface area contributed by atoms with E-state index in [0.29, 0.717) is 13.1 Å². The Morgan fingerprint density at radius 1 is 1.14 bits per heavy atom. The van der Waals surface area contributed by atoms with Gasteiger partial charge in [-0.05, 0) is 19.1 Å². The quantitative estimate of drug-likeness (QED) is 0.263. The van der Waals surface area contributed by atoms with Crippen molar-refractivity contribution in [3.63, 3.8) is 0 Å². The van der Waals surface area contributed by atoms with Gasteiger partial charge >= 0.3 is 0 Å². The first-order valence-electron chi connectivity index (χ1n) is 10.1. The van der Waals surface area contributed by atoms with Gasteiger partial charge in [-0.15, -0.1) is 24.0 Å². The van der Waals surface area contributed by atoms with Gasteiger partial charge in [0.1, 0.15) is 5.75 Å². The molecular weight excluding hydrogens is 481 g/mol. The minimum atomic E-state index is -0.372. The summed E-state index contributed by atoms with van der Waals surface area (Å²) >= 11 is 0. The summed E-state index contributed by atoms with van der Waals surface area (Å²) < 4.78 is 5.49. The third-order valence-electron chi connectivity index (χ3n) is 4.68. The summed E-state index contributed by atoms with van der Waals surface area (Å²) in [6, 6.07) is 8.14. The molecule has 1 saturated heterocycles. The van der Waals surface area contributed by atoms with Crippen molar-refractivity contribution in [2.45, 2.75) is 27.7 Å². The van der Waals surface area contributed by atoms with Crippen LogP contribution in [0.1, 0.15) is 27.7 Å². The number of nitrogens with one attached hydrogen (secondary N) is 2. The van der Waals surface area contributed by atoms with E-state index in [1.807, 2.05) is 39.0 Å². The second-order valence-corrected chi connectivity index (χ2v) is 7.89. The molecule has 0 saturated carbocycles. The van der Waals surface area contributed by atoms with Crippen LogP contribution in [-0.2, 0) is 4.79 Å². The number of para-hydroxylation sites is 2. The van der Waals surface area contributed by atoms with Crippen LogP contribution in [0.25, 0.3) is 0 Å². The topological polar surface area (TPSA) is 69.2 Å².